The average molecular weight is 217 g/mol. The zero-order chi connectivity index (χ0) is 11.5. The fourth-order valence-corrected chi connectivity index (χ4v) is 1.78. The van der Waals surface area contributed by atoms with E-state index in [9.17, 15) is 0 Å². The number of likely N-dealkylation sites (tertiary alicyclic amines) is 1. The first-order valence-electron chi connectivity index (χ1n) is 5.57. The number of hydrogen-bond acceptors (Lipinski definition) is 4. The van der Waals surface area contributed by atoms with Crippen LogP contribution in [0.15, 0.2) is 0 Å². The van der Waals surface area contributed by atoms with E-state index in [-0.39, 0.29) is 24.9 Å². The monoisotopic (exact) mass is 217 g/mol. The summed E-state index contributed by atoms with van der Waals surface area (Å²) in [6.07, 6.45) is 1.56. The molecule has 1 saturated heterocycles. The van der Waals surface area contributed by atoms with Crippen molar-refractivity contribution >= 4 is 0 Å². The molecule has 0 aromatic heterocycles. The predicted octanol–water partition coefficient (Wildman–Crippen LogP) is 0.229. The molecule has 0 spiro atoms. The number of aliphatic hydroxyl groups excluding tert-OH is 2. The molecule has 0 aromatic carbocycles. The van der Waals surface area contributed by atoms with Gasteiger partial charge in [-0.15, -0.1) is 0 Å². The van der Waals surface area contributed by atoms with Gasteiger partial charge in [-0.05, 0) is 33.7 Å². The van der Waals surface area contributed by atoms with Crippen LogP contribution in [-0.4, -0.2) is 59.7 Å². The maximum absolute atomic E-state index is 9.17. The smallest absolute Gasteiger partial charge is 0.100 e. The fourth-order valence-electron chi connectivity index (χ4n) is 1.78. The van der Waals surface area contributed by atoms with Crippen LogP contribution in [0.25, 0.3) is 0 Å². The van der Waals surface area contributed by atoms with Crippen molar-refractivity contribution in [2.24, 2.45) is 0 Å². The fraction of sp³-hybridized carbons (Fsp3) is 1.00. The largest absolute Gasteiger partial charge is 0.394 e. The Morgan fingerprint density at radius 3 is 2.73 bits per heavy atom. The molecule has 0 saturated carbocycles. The highest BCUT2D eigenvalue weighted by Crippen LogP contribution is 2.26. The maximum atomic E-state index is 9.17. The van der Waals surface area contributed by atoms with Gasteiger partial charge in [-0.25, -0.2) is 0 Å². The summed E-state index contributed by atoms with van der Waals surface area (Å²) in [4.78, 5) is 2.28. The first-order valence-corrected chi connectivity index (χ1v) is 5.57. The van der Waals surface area contributed by atoms with Crippen LogP contribution in [0.1, 0.15) is 26.7 Å². The van der Waals surface area contributed by atoms with E-state index in [4.69, 9.17) is 14.9 Å². The van der Waals surface area contributed by atoms with Crippen LogP contribution in [0.3, 0.4) is 0 Å². The number of hydrogen-bond donors (Lipinski definition) is 2. The lowest BCUT2D eigenvalue weighted by atomic mass is 9.90. The molecule has 1 aliphatic heterocycles. The van der Waals surface area contributed by atoms with E-state index >= 15 is 0 Å². The lowest BCUT2D eigenvalue weighted by Gasteiger charge is -2.43. The molecule has 1 heterocycles. The van der Waals surface area contributed by atoms with Gasteiger partial charge >= 0.3 is 0 Å². The Bertz CT molecular complexity index is 196. The normalized spacial score (nSPS) is 29.0. The van der Waals surface area contributed by atoms with Crippen molar-refractivity contribution in [1.82, 2.24) is 4.90 Å². The third-order valence-corrected chi connectivity index (χ3v) is 3.32. The van der Waals surface area contributed by atoms with E-state index in [1.54, 1.807) is 0 Å². The standard InChI is InChI=1S/C11H23NO3/c1-11(2)5-4-10(6-12(11)3)15-8-9(14)7-13/h9-10,13-14H,4-8H2,1-3H3/t9?,10-/m0/s1. The van der Waals surface area contributed by atoms with Crippen LogP contribution in [0, 0.1) is 0 Å². The summed E-state index contributed by atoms with van der Waals surface area (Å²) in [6.45, 7) is 5.35. The molecule has 1 aliphatic rings. The molecule has 0 radical (unpaired) electrons. The van der Waals surface area contributed by atoms with Gasteiger partial charge in [0, 0.05) is 12.1 Å². The molecule has 4 nitrogen and oxygen atoms in total. The van der Waals surface area contributed by atoms with Crippen LogP contribution in [0.2, 0.25) is 0 Å². The zero-order valence-corrected chi connectivity index (χ0v) is 9.94. The second-order valence-electron chi connectivity index (χ2n) is 5.02. The van der Waals surface area contributed by atoms with Gasteiger partial charge in [0.25, 0.3) is 0 Å². The predicted molar refractivity (Wildman–Crippen MR) is 58.8 cm³/mol. The van der Waals surface area contributed by atoms with Crippen LogP contribution in [-0.2, 0) is 4.74 Å². The molecule has 1 rings (SSSR count). The lowest BCUT2D eigenvalue weighted by Crippen LogP contribution is -2.50. The Morgan fingerprint density at radius 2 is 2.20 bits per heavy atom. The minimum absolute atomic E-state index is 0.184. The first kappa shape index (κ1) is 12.9. The third-order valence-electron chi connectivity index (χ3n) is 3.32. The van der Waals surface area contributed by atoms with E-state index in [1.807, 2.05) is 0 Å². The summed E-state index contributed by atoms with van der Waals surface area (Å²) in [7, 11) is 2.10. The molecule has 2 atom stereocenters. The second-order valence-corrected chi connectivity index (χ2v) is 5.02. The van der Waals surface area contributed by atoms with Crippen molar-refractivity contribution in [2.75, 3.05) is 26.8 Å². The molecule has 1 fully saturated rings. The second kappa shape index (κ2) is 5.25. The van der Waals surface area contributed by atoms with Gasteiger partial charge in [0.05, 0.1) is 19.3 Å². The summed E-state index contributed by atoms with van der Waals surface area (Å²) in [6, 6.07) is 0. The molecule has 0 aliphatic carbocycles. The number of ether oxygens (including phenoxy) is 1. The Kier molecular flexibility index (Phi) is 4.52. The highest BCUT2D eigenvalue weighted by Gasteiger charge is 2.31. The molecule has 2 N–H and O–H groups in total. The zero-order valence-electron chi connectivity index (χ0n) is 9.94. The molecule has 4 heteroatoms. The van der Waals surface area contributed by atoms with Crippen molar-refractivity contribution in [3.05, 3.63) is 0 Å². The van der Waals surface area contributed by atoms with Gasteiger partial charge < -0.3 is 14.9 Å². The third kappa shape index (κ3) is 3.72. The number of likely N-dealkylation sites (N-methyl/N-ethyl adjacent to an activating group) is 1. The number of nitrogens with zero attached hydrogens (tertiary/aromatic N) is 1. The number of piperidine rings is 1. The minimum atomic E-state index is -0.745. The number of rotatable bonds is 4. The molecule has 15 heavy (non-hydrogen) atoms. The van der Waals surface area contributed by atoms with E-state index in [0.29, 0.717) is 0 Å². The average Bonchev–Trinajstić information content (AvgIpc) is 2.19. The SMILES string of the molecule is CN1C[C@@H](OCC(O)CO)CCC1(C)C. The van der Waals surface area contributed by atoms with Crippen molar-refractivity contribution in [3.8, 4) is 0 Å². The highest BCUT2D eigenvalue weighted by molar-refractivity contribution is 4.87. The topological polar surface area (TPSA) is 52.9 Å². The van der Waals surface area contributed by atoms with Gasteiger partial charge in [-0.1, -0.05) is 0 Å². The van der Waals surface area contributed by atoms with Crippen molar-refractivity contribution in [3.63, 3.8) is 0 Å². The molecular weight excluding hydrogens is 194 g/mol. The van der Waals surface area contributed by atoms with Crippen LogP contribution in [0.4, 0.5) is 0 Å². The quantitative estimate of drug-likeness (QED) is 0.708. The summed E-state index contributed by atoms with van der Waals surface area (Å²) < 4.78 is 5.55. The first-order chi connectivity index (χ1) is 6.95. The van der Waals surface area contributed by atoms with E-state index in [1.165, 1.54) is 0 Å². The van der Waals surface area contributed by atoms with Gasteiger partial charge in [0.1, 0.15) is 6.10 Å². The molecule has 90 valence electrons. The van der Waals surface area contributed by atoms with Gasteiger partial charge in [0.2, 0.25) is 0 Å². The van der Waals surface area contributed by atoms with Gasteiger partial charge in [0.15, 0.2) is 0 Å². The summed E-state index contributed by atoms with van der Waals surface area (Å²) in [5, 5.41) is 17.8. The lowest BCUT2D eigenvalue weighted by molar-refractivity contribution is -0.0696. The Balaban J connectivity index is 2.29. The molecule has 0 amide bonds. The van der Waals surface area contributed by atoms with E-state index in [0.717, 1.165) is 19.4 Å². The number of aliphatic hydroxyl groups is 2. The van der Waals surface area contributed by atoms with Gasteiger partial charge in [-0.2, -0.15) is 0 Å². The maximum Gasteiger partial charge on any atom is 0.100 e. The summed E-state index contributed by atoms with van der Waals surface area (Å²) in [5.74, 6) is 0. The van der Waals surface area contributed by atoms with Gasteiger partial charge in [-0.3, -0.25) is 4.90 Å². The van der Waals surface area contributed by atoms with E-state index < -0.39 is 6.10 Å². The Labute approximate surface area is 91.8 Å². The van der Waals surface area contributed by atoms with Crippen LogP contribution in [0.5, 0.6) is 0 Å². The molecule has 1 unspecified atom stereocenters. The van der Waals surface area contributed by atoms with Crippen molar-refractivity contribution < 1.29 is 14.9 Å². The van der Waals surface area contributed by atoms with Crippen LogP contribution >= 0.6 is 0 Å². The Hall–Kier alpha value is -0.160. The van der Waals surface area contributed by atoms with Crippen molar-refractivity contribution in [1.29, 1.82) is 0 Å². The Morgan fingerprint density at radius 1 is 1.53 bits per heavy atom. The van der Waals surface area contributed by atoms with Crippen LogP contribution < -0.4 is 0 Å². The molecule has 0 aromatic rings. The molecule has 0 bridgehead atoms. The minimum Gasteiger partial charge on any atom is -0.394 e. The summed E-state index contributed by atoms with van der Waals surface area (Å²) in [5.41, 5.74) is 0.245. The summed E-state index contributed by atoms with van der Waals surface area (Å²) >= 11 is 0. The molecular formula is C11H23NO3. The highest BCUT2D eigenvalue weighted by atomic mass is 16.5. The van der Waals surface area contributed by atoms with E-state index in [2.05, 4.69) is 25.8 Å². The van der Waals surface area contributed by atoms with Crippen molar-refractivity contribution in [2.45, 2.75) is 44.4 Å².